The molecule has 2 rings (SSSR count). The minimum absolute atomic E-state index is 0.263. The Kier molecular flexibility index (Phi) is 2.94. The van der Waals surface area contributed by atoms with E-state index in [1.54, 1.807) is 6.07 Å². The molecule has 0 saturated carbocycles. The van der Waals surface area contributed by atoms with Gasteiger partial charge < -0.3 is 14.4 Å². The van der Waals surface area contributed by atoms with E-state index in [1.807, 2.05) is 0 Å². The minimum Gasteiger partial charge on any atom is -0.480 e. The highest BCUT2D eigenvalue weighted by molar-refractivity contribution is 5.96. The second-order valence-corrected chi connectivity index (χ2v) is 3.86. The molecule has 16 heavy (non-hydrogen) atoms. The van der Waals surface area contributed by atoms with Crippen LogP contribution < -0.4 is 0 Å². The Morgan fingerprint density at radius 2 is 2.25 bits per heavy atom. The number of piperidine rings is 1. The summed E-state index contributed by atoms with van der Waals surface area (Å²) in [6.45, 7) is 0.501. The van der Waals surface area contributed by atoms with Gasteiger partial charge in [-0.3, -0.25) is 4.79 Å². The van der Waals surface area contributed by atoms with E-state index in [1.165, 1.54) is 17.4 Å². The van der Waals surface area contributed by atoms with Crippen LogP contribution in [0.1, 0.15) is 29.6 Å². The van der Waals surface area contributed by atoms with Crippen LogP contribution in [0.5, 0.6) is 0 Å². The van der Waals surface area contributed by atoms with E-state index in [2.05, 4.69) is 0 Å². The molecule has 0 aromatic carbocycles. The van der Waals surface area contributed by atoms with Crippen LogP contribution in [0.25, 0.3) is 0 Å². The normalized spacial score (nSPS) is 20.8. The fourth-order valence-corrected chi connectivity index (χ4v) is 1.98. The number of hydrogen-bond donors (Lipinski definition) is 1. The lowest BCUT2D eigenvalue weighted by molar-refractivity contribution is -0.143. The van der Waals surface area contributed by atoms with Gasteiger partial charge >= 0.3 is 5.97 Å². The monoisotopic (exact) mass is 223 g/mol. The maximum Gasteiger partial charge on any atom is 0.326 e. The molecule has 1 N–H and O–H groups in total. The number of carboxylic acid groups (broad SMARTS) is 1. The van der Waals surface area contributed by atoms with E-state index in [-0.39, 0.29) is 5.91 Å². The van der Waals surface area contributed by atoms with Crippen LogP contribution in [0.3, 0.4) is 0 Å². The standard InChI is InChI=1S/C11H13NO4/c13-10(8-4-6-16-7-8)12-5-2-1-3-9(12)11(14)15/h4,6-7,9H,1-3,5H2,(H,14,15)/t9-/m0/s1. The first-order valence-electron chi connectivity index (χ1n) is 5.26. The first kappa shape index (κ1) is 10.7. The number of likely N-dealkylation sites (tertiary alicyclic amines) is 1. The summed E-state index contributed by atoms with van der Waals surface area (Å²) in [5.74, 6) is -1.20. The molecule has 1 aliphatic rings. The molecule has 0 spiro atoms. The molecule has 0 aliphatic carbocycles. The van der Waals surface area contributed by atoms with Crippen molar-refractivity contribution >= 4 is 11.9 Å². The highest BCUT2D eigenvalue weighted by atomic mass is 16.4. The SMILES string of the molecule is O=C(O)[C@@H]1CCCCN1C(=O)c1ccoc1. The molecule has 0 radical (unpaired) electrons. The molecule has 1 atom stereocenters. The fourth-order valence-electron chi connectivity index (χ4n) is 1.98. The van der Waals surface area contributed by atoms with E-state index in [0.29, 0.717) is 18.5 Å². The van der Waals surface area contributed by atoms with Gasteiger partial charge in [0.25, 0.3) is 5.91 Å². The number of aliphatic carboxylic acids is 1. The van der Waals surface area contributed by atoms with Gasteiger partial charge in [0.2, 0.25) is 0 Å². The summed E-state index contributed by atoms with van der Waals surface area (Å²) in [4.78, 5) is 24.4. The first-order chi connectivity index (χ1) is 7.70. The summed E-state index contributed by atoms with van der Waals surface area (Å²) in [6.07, 6.45) is 4.99. The van der Waals surface area contributed by atoms with E-state index < -0.39 is 12.0 Å². The Bertz CT molecular complexity index is 385. The molecule has 1 aliphatic heterocycles. The van der Waals surface area contributed by atoms with Crippen molar-refractivity contribution in [3.05, 3.63) is 24.2 Å². The van der Waals surface area contributed by atoms with Crippen molar-refractivity contribution in [3.63, 3.8) is 0 Å². The fraction of sp³-hybridized carbons (Fsp3) is 0.455. The van der Waals surface area contributed by atoms with Gasteiger partial charge in [0, 0.05) is 6.54 Å². The van der Waals surface area contributed by atoms with Gasteiger partial charge in [-0.1, -0.05) is 0 Å². The van der Waals surface area contributed by atoms with Crippen molar-refractivity contribution in [2.75, 3.05) is 6.54 Å². The van der Waals surface area contributed by atoms with Gasteiger partial charge in [-0.15, -0.1) is 0 Å². The summed E-state index contributed by atoms with van der Waals surface area (Å²) in [5.41, 5.74) is 0.410. The predicted molar refractivity (Wildman–Crippen MR) is 55.0 cm³/mol. The van der Waals surface area contributed by atoms with Crippen molar-refractivity contribution in [2.24, 2.45) is 0 Å². The number of furan rings is 1. The molecule has 1 saturated heterocycles. The Hall–Kier alpha value is -1.78. The van der Waals surface area contributed by atoms with Gasteiger partial charge in [0.05, 0.1) is 11.8 Å². The zero-order valence-corrected chi connectivity index (χ0v) is 8.76. The van der Waals surface area contributed by atoms with Crippen molar-refractivity contribution in [1.29, 1.82) is 0 Å². The third kappa shape index (κ3) is 1.93. The second-order valence-electron chi connectivity index (χ2n) is 3.86. The van der Waals surface area contributed by atoms with Crippen LogP contribution >= 0.6 is 0 Å². The molecule has 86 valence electrons. The summed E-state index contributed by atoms with van der Waals surface area (Å²) < 4.78 is 4.83. The van der Waals surface area contributed by atoms with Crippen LogP contribution in [0.4, 0.5) is 0 Å². The number of nitrogens with zero attached hydrogens (tertiary/aromatic N) is 1. The molecular formula is C11H13NO4. The molecule has 5 heteroatoms. The van der Waals surface area contributed by atoms with E-state index in [9.17, 15) is 9.59 Å². The smallest absolute Gasteiger partial charge is 0.326 e. The van der Waals surface area contributed by atoms with Gasteiger partial charge in [-0.05, 0) is 25.3 Å². The number of carboxylic acids is 1. The molecule has 1 fully saturated rings. The molecule has 0 unspecified atom stereocenters. The van der Waals surface area contributed by atoms with Gasteiger partial charge in [0.1, 0.15) is 12.3 Å². The largest absolute Gasteiger partial charge is 0.480 e. The highest BCUT2D eigenvalue weighted by Crippen LogP contribution is 2.20. The van der Waals surface area contributed by atoms with Crippen LogP contribution in [-0.4, -0.2) is 34.5 Å². The number of carbonyl (C=O) groups excluding carboxylic acids is 1. The lowest BCUT2D eigenvalue weighted by Crippen LogP contribution is -2.47. The maximum absolute atomic E-state index is 12.0. The Morgan fingerprint density at radius 3 is 2.88 bits per heavy atom. The summed E-state index contributed by atoms with van der Waals surface area (Å²) in [5, 5.41) is 9.04. The van der Waals surface area contributed by atoms with Crippen LogP contribution in [0.2, 0.25) is 0 Å². The average molecular weight is 223 g/mol. The van der Waals surface area contributed by atoms with Gasteiger partial charge in [-0.25, -0.2) is 4.79 Å². The molecule has 0 bridgehead atoms. The third-order valence-electron chi connectivity index (χ3n) is 2.82. The maximum atomic E-state index is 12.0. The zero-order valence-electron chi connectivity index (χ0n) is 8.76. The molecule has 1 amide bonds. The zero-order chi connectivity index (χ0) is 11.5. The first-order valence-corrected chi connectivity index (χ1v) is 5.26. The lowest BCUT2D eigenvalue weighted by atomic mass is 10.0. The molecule has 1 aromatic heterocycles. The Balaban J connectivity index is 2.17. The highest BCUT2D eigenvalue weighted by Gasteiger charge is 2.32. The van der Waals surface area contributed by atoms with E-state index in [4.69, 9.17) is 9.52 Å². The predicted octanol–water partition coefficient (Wildman–Crippen LogP) is 1.36. The molecule has 5 nitrogen and oxygen atoms in total. The third-order valence-corrected chi connectivity index (χ3v) is 2.82. The van der Waals surface area contributed by atoms with Gasteiger partial charge in [-0.2, -0.15) is 0 Å². The number of amides is 1. The quantitative estimate of drug-likeness (QED) is 0.821. The molecule has 2 heterocycles. The number of rotatable bonds is 2. The number of carbonyl (C=O) groups is 2. The van der Waals surface area contributed by atoms with Gasteiger partial charge in [0.15, 0.2) is 0 Å². The van der Waals surface area contributed by atoms with E-state index in [0.717, 1.165) is 12.8 Å². The lowest BCUT2D eigenvalue weighted by Gasteiger charge is -2.32. The Morgan fingerprint density at radius 1 is 1.44 bits per heavy atom. The average Bonchev–Trinajstić information content (AvgIpc) is 2.81. The van der Waals surface area contributed by atoms with Crippen molar-refractivity contribution in [2.45, 2.75) is 25.3 Å². The molecular weight excluding hydrogens is 210 g/mol. The van der Waals surface area contributed by atoms with Crippen molar-refractivity contribution < 1.29 is 19.1 Å². The van der Waals surface area contributed by atoms with Crippen LogP contribution in [-0.2, 0) is 4.79 Å². The minimum atomic E-state index is -0.934. The van der Waals surface area contributed by atoms with Crippen LogP contribution in [0.15, 0.2) is 23.0 Å². The molecule has 1 aromatic rings. The van der Waals surface area contributed by atoms with Crippen molar-refractivity contribution in [1.82, 2.24) is 4.90 Å². The second kappa shape index (κ2) is 4.38. The Labute approximate surface area is 92.7 Å². The summed E-state index contributed by atoms with van der Waals surface area (Å²) in [6, 6.07) is 0.853. The topological polar surface area (TPSA) is 70.8 Å². The number of hydrogen-bond acceptors (Lipinski definition) is 3. The van der Waals surface area contributed by atoms with E-state index >= 15 is 0 Å². The van der Waals surface area contributed by atoms with Crippen molar-refractivity contribution in [3.8, 4) is 0 Å². The van der Waals surface area contributed by atoms with Crippen LogP contribution in [0, 0.1) is 0 Å². The summed E-state index contributed by atoms with van der Waals surface area (Å²) in [7, 11) is 0. The summed E-state index contributed by atoms with van der Waals surface area (Å²) >= 11 is 0.